The molecule has 16 heavy (non-hydrogen) atoms. The number of hydrogen-bond acceptors (Lipinski definition) is 2. The predicted octanol–water partition coefficient (Wildman–Crippen LogP) is 1.86. The summed E-state index contributed by atoms with van der Waals surface area (Å²) < 4.78 is 0. The van der Waals surface area contributed by atoms with Crippen molar-refractivity contribution in [3.63, 3.8) is 0 Å². The minimum atomic E-state index is 0.203. The van der Waals surface area contributed by atoms with Crippen LogP contribution in [0.1, 0.15) is 40.2 Å². The van der Waals surface area contributed by atoms with Crippen molar-refractivity contribution in [1.29, 1.82) is 0 Å². The van der Waals surface area contributed by atoms with Crippen LogP contribution in [0.5, 0.6) is 0 Å². The van der Waals surface area contributed by atoms with Gasteiger partial charge in [-0.3, -0.25) is 9.78 Å². The van der Waals surface area contributed by atoms with Gasteiger partial charge in [0.2, 0.25) is 0 Å². The molecule has 0 bridgehead atoms. The summed E-state index contributed by atoms with van der Waals surface area (Å²) in [7, 11) is 0. The third-order valence-electron chi connectivity index (χ3n) is 3.47. The van der Waals surface area contributed by atoms with Gasteiger partial charge in [-0.15, -0.1) is 0 Å². The largest absolute Gasteiger partial charge is 0.335 e. The lowest BCUT2D eigenvalue weighted by Crippen LogP contribution is -2.40. The second kappa shape index (κ2) is 3.30. The summed E-state index contributed by atoms with van der Waals surface area (Å²) in [5.74, 6) is 0.203. The van der Waals surface area contributed by atoms with E-state index in [-0.39, 0.29) is 5.91 Å². The number of nitrogens with zero attached hydrogens (tertiary/aromatic N) is 2. The molecule has 2 heterocycles. The summed E-state index contributed by atoms with van der Waals surface area (Å²) in [5, 5.41) is 0. The number of rotatable bonds is 1. The molecule has 0 aromatic carbocycles. The molecule has 1 fully saturated rings. The van der Waals surface area contributed by atoms with Gasteiger partial charge in [0.15, 0.2) is 0 Å². The van der Waals surface area contributed by atoms with Gasteiger partial charge < -0.3 is 4.90 Å². The average molecular weight is 216 g/mol. The lowest BCUT2D eigenvalue weighted by molar-refractivity contribution is 0.0724. The number of hydrogen-bond donors (Lipinski definition) is 0. The van der Waals surface area contributed by atoms with Crippen molar-refractivity contribution in [2.45, 2.75) is 39.2 Å². The molecule has 1 amide bonds. The van der Waals surface area contributed by atoms with E-state index >= 15 is 0 Å². The molecule has 1 aromatic heterocycles. The maximum Gasteiger partial charge on any atom is 0.256 e. The fraction of sp³-hybridized carbons (Fsp3) is 0.538. The molecule has 1 aromatic rings. The van der Waals surface area contributed by atoms with Crippen LogP contribution >= 0.6 is 0 Å². The van der Waals surface area contributed by atoms with Crippen LogP contribution < -0.4 is 0 Å². The summed E-state index contributed by atoms with van der Waals surface area (Å²) in [4.78, 5) is 18.8. The van der Waals surface area contributed by atoms with Crippen LogP contribution in [-0.4, -0.2) is 28.4 Å². The van der Waals surface area contributed by atoms with E-state index in [0.717, 1.165) is 35.5 Å². The van der Waals surface area contributed by atoms with Crippen LogP contribution in [0.15, 0.2) is 6.07 Å². The molecule has 0 atom stereocenters. The zero-order valence-corrected chi connectivity index (χ0v) is 9.79. The van der Waals surface area contributed by atoms with E-state index in [1.165, 1.54) is 12.8 Å². The molecular weight excluding hydrogens is 200 g/mol. The number of fused-ring (bicyclic) bond motifs is 1. The lowest BCUT2D eigenvalue weighted by Gasteiger charge is -2.29. The Morgan fingerprint density at radius 2 is 2.12 bits per heavy atom. The number of pyridine rings is 1. The molecule has 1 saturated carbocycles. The summed E-state index contributed by atoms with van der Waals surface area (Å²) >= 11 is 0. The molecule has 3 nitrogen and oxygen atoms in total. The molecule has 1 aliphatic carbocycles. The predicted molar refractivity (Wildman–Crippen MR) is 61.5 cm³/mol. The van der Waals surface area contributed by atoms with Crippen LogP contribution in [0.3, 0.4) is 0 Å². The summed E-state index contributed by atoms with van der Waals surface area (Å²) in [6.45, 7) is 4.86. The maximum absolute atomic E-state index is 12.3. The first kappa shape index (κ1) is 9.82. The molecule has 0 radical (unpaired) electrons. The third-order valence-corrected chi connectivity index (χ3v) is 3.47. The summed E-state index contributed by atoms with van der Waals surface area (Å²) in [5.41, 5.74) is 3.96. The smallest absolute Gasteiger partial charge is 0.256 e. The molecule has 3 rings (SSSR count). The van der Waals surface area contributed by atoms with Gasteiger partial charge in [-0.05, 0) is 38.3 Å². The highest BCUT2D eigenvalue weighted by atomic mass is 16.2. The average Bonchev–Trinajstić information content (AvgIpc) is 3.00. The zero-order chi connectivity index (χ0) is 11.3. The highest BCUT2D eigenvalue weighted by molar-refractivity contribution is 5.98. The Morgan fingerprint density at radius 3 is 2.81 bits per heavy atom. The normalized spacial score (nSPS) is 19.9. The molecule has 1 aliphatic heterocycles. The van der Waals surface area contributed by atoms with Crippen LogP contribution in [0.2, 0.25) is 0 Å². The second-order valence-corrected chi connectivity index (χ2v) is 4.88. The Hall–Kier alpha value is -1.38. The number of amides is 1. The maximum atomic E-state index is 12.3. The van der Waals surface area contributed by atoms with E-state index < -0.39 is 0 Å². The number of aromatic nitrogens is 1. The first-order chi connectivity index (χ1) is 7.66. The molecule has 0 N–H and O–H groups in total. The Morgan fingerprint density at radius 1 is 1.38 bits per heavy atom. The van der Waals surface area contributed by atoms with E-state index in [4.69, 9.17) is 0 Å². The molecular formula is C13H16N2O. The van der Waals surface area contributed by atoms with Crippen molar-refractivity contribution in [1.82, 2.24) is 9.88 Å². The summed E-state index contributed by atoms with van der Waals surface area (Å²) in [6, 6.07) is 2.52. The van der Waals surface area contributed by atoms with Gasteiger partial charge in [-0.25, -0.2) is 0 Å². The van der Waals surface area contributed by atoms with E-state index in [9.17, 15) is 4.79 Å². The highest BCUT2D eigenvalue weighted by Crippen LogP contribution is 2.32. The Labute approximate surface area is 95.5 Å². The summed E-state index contributed by atoms with van der Waals surface area (Å²) in [6.07, 6.45) is 3.28. The zero-order valence-electron chi connectivity index (χ0n) is 9.79. The standard InChI is InChI=1S/C13H16N2O/c1-8-7-9(2)14-11-5-6-15(10-3-4-10)13(16)12(8)11/h7,10H,3-6H2,1-2H3. The fourth-order valence-electron chi connectivity index (χ4n) is 2.59. The number of aryl methyl sites for hydroxylation is 2. The molecule has 3 heteroatoms. The Kier molecular flexibility index (Phi) is 2.03. The molecule has 84 valence electrons. The van der Waals surface area contributed by atoms with Gasteiger partial charge in [0.25, 0.3) is 5.91 Å². The fourth-order valence-corrected chi connectivity index (χ4v) is 2.59. The topological polar surface area (TPSA) is 33.2 Å². The minimum absolute atomic E-state index is 0.203. The van der Waals surface area contributed by atoms with Gasteiger partial charge in [0, 0.05) is 24.7 Å². The Bertz CT molecular complexity index is 463. The SMILES string of the molecule is Cc1cc(C)c2c(n1)CCN(C1CC1)C2=O. The minimum Gasteiger partial charge on any atom is -0.335 e. The van der Waals surface area contributed by atoms with Gasteiger partial charge in [-0.2, -0.15) is 0 Å². The van der Waals surface area contributed by atoms with Crippen molar-refractivity contribution in [3.8, 4) is 0 Å². The van der Waals surface area contributed by atoms with Gasteiger partial charge in [0.05, 0.1) is 11.3 Å². The van der Waals surface area contributed by atoms with Crippen molar-refractivity contribution >= 4 is 5.91 Å². The quantitative estimate of drug-likeness (QED) is 0.718. The first-order valence-corrected chi connectivity index (χ1v) is 5.95. The first-order valence-electron chi connectivity index (χ1n) is 5.95. The van der Waals surface area contributed by atoms with Gasteiger partial charge in [-0.1, -0.05) is 0 Å². The van der Waals surface area contributed by atoms with E-state index in [1.807, 2.05) is 24.8 Å². The van der Waals surface area contributed by atoms with Crippen LogP contribution in [0, 0.1) is 13.8 Å². The van der Waals surface area contributed by atoms with Crippen LogP contribution in [0.4, 0.5) is 0 Å². The second-order valence-electron chi connectivity index (χ2n) is 4.88. The Balaban J connectivity index is 2.05. The molecule has 0 unspecified atom stereocenters. The van der Waals surface area contributed by atoms with E-state index in [1.54, 1.807) is 0 Å². The van der Waals surface area contributed by atoms with E-state index in [0.29, 0.717) is 6.04 Å². The number of carbonyl (C=O) groups excluding carboxylic acids is 1. The highest BCUT2D eigenvalue weighted by Gasteiger charge is 2.37. The van der Waals surface area contributed by atoms with Gasteiger partial charge >= 0.3 is 0 Å². The van der Waals surface area contributed by atoms with Crippen LogP contribution in [0.25, 0.3) is 0 Å². The molecule has 0 spiro atoms. The number of carbonyl (C=O) groups is 1. The van der Waals surface area contributed by atoms with Crippen molar-refractivity contribution < 1.29 is 4.79 Å². The molecule has 2 aliphatic rings. The van der Waals surface area contributed by atoms with Crippen molar-refractivity contribution in [3.05, 3.63) is 28.6 Å². The van der Waals surface area contributed by atoms with Crippen molar-refractivity contribution in [2.24, 2.45) is 0 Å². The lowest BCUT2D eigenvalue weighted by atomic mass is 9.99. The van der Waals surface area contributed by atoms with Crippen molar-refractivity contribution in [2.75, 3.05) is 6.54 Å². The van der Waals surface area contributed by atoms with Gasteiger partial charge in [0.1, 0.15) is 0 Å². The van der Waals surface area contributed by atoms with Crippen LogP contribution in [-0.2, 0) is 6.42 Å². The van der Waals surface area contributed by atoms with E-state index in [2.05, 4.69) is 4.98 Å². The third kappa shape index (κ3) is 1.42. The molecule has 0 saturated heterocycles. The monoisotopic (exact) mass is 216 g/mol.